The zero-order chi connectivity index (χ0) is 17.7. The molecule has 0 fully saturated rings. The van der Waals surface area contributed by atoms with E-state index < -0.39 is 17.6 Å². The molecule has 4 N–H and O–H groups in total. The van der Waals surface area contributed by atoms with Crippen LogP contribution >= 0.6 is 0 Å². The summed E-state index contributed by atoms with van der Waals surface area (Å²) in [6.07, 6.45) is 0. The number of carbonyl (C=O) groups excluding carboxylic acids is 2. The number of amides is 2. The third-order valence-electron chi connectivity index (χ3n) is 3.17. The summed E-state index contributed by atoms with van der Waals surface area (Å²) in [7, 11) is 2.80. The Morgan fingerprint density at radius 3 is 2.04 bits per heavy atom. The maximum Gasteiger partial charge on any atom is 0.277 e. The van der Waals surface area contributed by atoms with Crippen LogP contribution in [0.3, 0.4) is 0 Å². The van der Waals surface area contributed by atoms with Gasteiger partial charge in [-0.15, -0.1) is 0 Å². The van der Waals surface area contributed by atoms with Gasteiger partial charge in [0.05, 0.1) is 19.8 Å². The quantitative estimate of drug-likeness (QED) is 0.625. The third-order valence-corrected chi connectivity index (χ3v) is 3.17. The second kappa shape index (κ2) is 7.23. The minimum atomic E-state index is -0.755. The van der Waals surface area contributed by atoms with Crippen molar-refractivity contribution in [1.82, 2.24) is 10.9 Å². The third kappa shape index (κ3) is 3.49. The average molecular weight is 332 g/mol. The van der Waals surface area contributed by atoms with E-state index in [9.17, 15) is 19.8 Å². The second-order valence-corrected chi connectivity index (χ2v) is 4.65. The highest BCUT2D eigenvalue weighted by Gasteiger charge is 2.19. The van der Waals surface area contributed by atoms with E-state index in [1.807, 2.05) is 0 Å². The summed E-state index contributed by atoms with van der Waals surface area (Å²) < 4.78 is 10.2. The van der Waals surface area contributed by atoms with Crippen molar-refractivity contribution in [3.63, 3.8) is 0 Å². The number of carbonyl (C=O) groups is 2. The van der Waals surface area contributed by atoms with Gasteiger partial charge in [0.1, 0.15) is 28.6 Å². The van der Waals surface area contributed by atoms with E-state index in [4.69, 9.17) is 9.47 Å². The van der Waals surface area contributed by atoms with E-state index in [-0.39, 0.29) is 28.4 Å². The lowest BCUT2D eigenvalue weighted by atomic mass is 10.1. The number of ether oxygens (including phenoxy) is 2. The molecule has 0 atom stereocenters. The van der Waals surface area contributed by atoms with Crippen molar-refractivity contribution >= 4 is 11.8 Å². The topological polar surface area (TPSA) is 117 Å². The first-order valence-electron chi connectivity index (χ1n) is 6.81. The first-order valence-corrected chi connectivity index (χ1v) is 6.81. The molecule has 2 amide bonds. The Bertz CT molecular complexity index is 753. The van der Waals surface area contributed by atoms with Crippen molar-refractivity contribution in [2.24, 2.45) is 0 Å². The molecule has 0 heterocycles. The van der Waals surface area contributed by atoms with Crippen molar-refractivity contribution in [2.45, 2.75) is 0 Å². The molecule has 0 bridgehead atoms. The first-order chi connectivity index (χ1) is 11.5. The Morgan fingerprint density at radius 1 is 0.917 bits per heavy atom. The van der Waals surface area contributed by atoms with Gasteiger partial charge in [0.25, 0.3) is 11.8 Å². The summed E-state index contributed by atoms with van der Waals surface area (Å²) in [6.45, 7) is 0. The molecular formula is C16H16N2O6. The molecule has 24 heavy (non-hydrogen) atoms. The molecule has 126 valence electrons. The molecule has 0 spiro atoms. The van der Waals surface area contributed by atoms with Gasteiger partial charge in [-0.05, 0) is 24.3 Å². The second-order valence-electron chi connectivity index (χ2n) is 4.65. The van der Waals surface area contributed by atoms with Crippen molar-refractivity contribution in [1.29, 1.82) is 0 Å². The Balaban J connectivity index is 2.15. The SMILES string of the molecule is COc1cccc(OC)c1C(=O)NNC(=O)c1ccc(O)cc1O. The molecule has 0 aliphatic heterocycles. The molecule has 2 aromatic rings. The number of methoxy groups -OCH3 is 2. The number of benzene rings is 2. The van der Waals surface area contributed by atoms with Gasteiger partial charge >= 0.3 is 0 Å². The first kappa shape index (κ1) is 16.9. The number of aromatic hydroxyl groups is 2. The number of phenolic OH excluding ortho intramolecular Hbond substituents is 2. The Hall–Kier alpha value is -3.42. The van der Waals surface area contributed by atoms with E-state index in [1.54, 1.807) is 18.2 Å². The standard InChI is InChI=1S/C16H16N2O6/c1-23-12-4-3-5-13(24-2)14(12)16(22)18-17-15(21)10-7-6-9(19)8-11(10)20/h3-8,19-20H,1-2H3,(H,17,21)(H,18,22). The predicted molar refractivity (Wildman–Crippen MR) is 84.3 cm³/mol. The normalized spacial score (nSPS) is 9.92. The van der Waals surface area contributed by atoms with Crippen LogP contribution < -0.4 is 20.3 Å². The van der Waals surface area contributed by atoms with Gasteiger partial charge < -0.3 is 19.7 Å². The molecule has 8 nitrogen and oxygen atoms in total. The van der Waals surface area contributed by atoms with E-state index in [1.165, 1.54) is 26.4 Å². The fraction of sp³-hybridized carbons (Fsp3) is 0.125. The fourth-order valence-electron chi connectivity index (χ4n) is 2.03. The van der Waals surface area contributed by atoms with Gasteiger partial charge in [0.15, 0.2) is 0 Å². The van der Waals surface area contributed by atoms with Crippen LogP contribution in [-0.4, -0.2) is 36.2 Å². The van der Waals surface area contributed by atoms with Crippen molar-refractivity contribution in [3.05, 3.63) is 47.5 Å². The largest absolute Gasteiger partial charge is 0.508 e. The number of hydrogen-bond acceptors (Lipinski definition) is 6. The van der Waals surface area contributed by atoms with Gasteiger partial charge in [0.2, 0.25) is 0 Å². The van der Waals surface area contributed by atoms with Gasteiger partial charge in [-0.1, -0.05) is 6.07 Å². The molecule has 2 rings (SSSR count). The number of phenols is 2. The molecule has 8 heteroatoms. The lowest BCUT2D eigenvalue weighted by molar-refractivity contribution is 0.0841. The van der Waals surface area contributed by atoms with Crippen LogP contribution in [0.5, 0.6) is 23.0 Å². The molecule has 0 radical (unpaired) electrons. The van der Waals surface area contributed by atoms with Crippen LogP contribution in [0.4, 0.5) is 0 Å². The maximum atomic E-state index is 12.3. The molecule has 0 aliphatic rings. The van der Waals surface area contributed by atoms with E-state index in [0.717, 1.165) is 6.07 Å². The van der Waals surface area contributed by atoms with Crippen LogP contribution in [-0.2, 0) is 0 Å². The van der Waals surface area contributed by atoms with Crippen molar-refractivity contribution in [3.8, 4) is 23.0 Å². The van der Waals surface area contributed by atoms with E-state index >= 15 is 0 Å². The van der Waals surface area contributed by atoms with Crippen LogP contribution in [0.15, 0.2) is 36.4 Å². The summed E-state index contributed by atoms with van der Waals surface area (Å²) in [5, 5.41) is 18.8. The summed E-state index contributed by atoms with van der Waals surface area (Å²) in [5.41, 5.74) is 4.38. The molecule has 0 aromatic heterocycles. The molecule has 0 aliphatic carbocycles. The average Bonchev–Trinajstić information content (AvgIpc) is 2.58. The summed E-state index contributed by atoms with van der Waals surface area (Å²) in [4.78, 5) is 24.3. The minimum Gasteiger partial charge on any atom is -0.508 e. The molecule has 0 unspecified atom stereocenters. The van der Waals surface area contributed by atoms with Crippen molar-refractivity contribution in [2.75, 3.05) is 14.2 Å². The predicted octanol–water partition coefficient (Wildman–Crippen LogP) is 1.19. The van der Waals surface area contributed by atoms with Crippen LogP contribution in [0.2, 0.25) is 0 Å². The Kier molecular flexibility index (Phi) is 5.10. The molecule has 0 saturated carbocycles. The van der Waals surface area contributed by atoms with Gasteiger partial charge in [-0.2, -0.15) is 0 Å². The van der Waals surface area contributed by atoms with Crippen LogP contribution in [0, 0.1) is 0 Å². The van der Waals surface area contributed by atoms with Crippen molar-refractivity contribution < 1.29 is 29.3 Å². The van der Waals surface area contributed by atoms with Gasteiger partial charge in [-0.3, -0.25) is 20.4 Å². The molecule has 2 aromatic carbocycles. The summed E-state index contributed by atoms with van der Waals surface area (Å²) in [6, 6.07) is 8.27. The summed E-state index contributed by atoms with van der Waals surface area (Å²) >= 11 is 0. The maximum absolute atomic E-state index is 12.3. The van der Waals surface area contributed by atoms with Gasteiger partial charge in [0, 0.05) is 6.07 Å². The highest BCUT2D eigenvalue weighted by atomic mass is 16.5. The summed E-state index contributed by atoms with van der Waals surface area (Å²) in [5.74, 6) is -1.48. The Labute approximate surface area is 137 Å². The van der Waals surface area contributed by atoms with Gasteiger partial charge in [-0.25, -0.2) is 0 Å². The molecule has 0 saturated heterocycles. The van der Waals surface area contributed by atoms with E-state index in [0.29, 0.717) is 0 Å². The highest BCUT2D eigenvalue weighted by Crippen LogP contribution is 2.28. The smallest absolute Gasteiger partial charge is 0.277 e. The number of hydrazine groups is 1. The van der Waals surface area contributed by atoms with Crippen LogP contribution in [0.1, 0.15) is 20.7 Å². The zero-order valence-corrected chi connectivity index (χ0v) is 13.0. The lowest BCUT2D eigenvalue weighted by Gasteiger charge is -2.13. The lowest BCUT2D eigenvalue weighted by Crippen LogP contribution is -2.41. The Morgan fingerprint density at radius 2 is 1.50 bits per heavy atom. The number of rotatable bonds is 4. The van der Waals surface area contributed by atoms with E-state index in [2.05, 4.69) is 10.9 Å². The zero-order valence-electron chi connectivity index (χ0n) is 13.0. The minimum absolute atomic E-state index is 0.109. The van der Waals surface area contributed by atoms with Crippen LogP contribution in [0.25, 0.3) is 0 Å². The number of nitrogens with one attached hydrogen (secondary N) is 2. The molecular weight excluding hydrogens is 316 g/mol. The monoisotopic (exact) mass is 332 g/mol. The number of hydrogen-bond donors (Lipinski definition) is 4. The highest BCUT2D eigenvalue weighted by molar-refractivity contribution is 6.03. The fourth-order valence-corrected chi connectivity index (χ4v) is 2.03.